The van der Waals surface area contributed by atoms with E-state index in [1.54, 1.807) is 31.2 Å². The lowest BCUT2D eigenvalue weighted by Crippen LogP contribution is -2.44. The van der Waals surface area contributed by atoms with E-state index in [-0.39, 0.29) is 30.1 Å². The highest BCUT2D eigenvalue weighted by atomic mass is 32.2. The summed E-state index contributed by atoms with van der Waals surface area (Å²) >= 11 is 1.26. The van der Waals surface area contributed by atoms with E-state index in [2.05, 4.69) is 25.7 Å². The minimum absolute atomic E-state index is 0.0219. The predicted molar refractivity (Wildman–Crippen MR) is 130 cm³/mol. The van der Waals surface area contributed by atoms with Gasteiger partial charge in [-0.1, -0.05) is 23.9 Å². The van der Waals surface area contributed by atoms with Gasteiger partial charge in [0.15, 0.2) is 5.82 Å². The predicted octanol–water partition coefficient (Wildman–Crippen LogP) is 2.88. The van der Waals surface area contributed by atoms with Crippen molar-refractivity contribution in [1.82, 2.24) is 15.5 Å². The van der Waals surface area contributed by atoms with Crippen LogP contribution in [-0.2, 0) is 14.3 Å². The number of nitrogens with zero attached hydrogens (tertiary/aromatic N) is 3. The second kappa shape index (κ2) is 11.3. The van der Waals surface area contributed by atoms with Crippen LogP contribution in [0.25, 0.3) is 0 Å². The Labute approximate surface area is 203 Å². The fraction of sp³-hybridized carbons (Fsp3) is 0.458. The molecule has 2 N–H and O–H groups in total. The van der Waals surface area contributed by atoms with Crippen LogP contribution >= 0.6 is 11.8 Å². The van der Waals surface area contributed by atoms with Crippen molar-refractivity contribution in [2.75, 3.05) is 35.7 Å². The second-order valence-corrected chi connectivity index (χ2v) is 9.40. The van der Waals surface area contributed by atoms with Gasteiger partial charge in [-0.3, -0.25) is 9.59 Å². The van der Waals surface area contributed by atoms with Gasteiger partial charge < -0.3 is 20.3 Å². The lowest BCUT2D eigenvalue weighted by molar-refractivity contribution is -0.125. The van der Waals surface area contributed by atoms with Crippen LogP contribution in [0.4, 0.5) is 11.5 Å². The number of para-hydroxylation sites is 1. The average molecular weight is 484 g/mol. The number of carbonyl (C=O) groups is 3. The molecule has 0 spiro atoms. The fourth-order valence-corrected chi connectivity index (χ4v) is 4.42. The van der Waals surface area contributed by atoms with E-state index < -0.39 is 5.97 Å². The molecule has 1 saturated heterocycles. The SMILES string of the molecule is CCOC(=O)c1ccccc1NC(=O)CSc1ccc(N2CCC[C@@H](C(=O)NC3CC3)C2)nn1. The molecule has 0 radical (unpaired) electrons. The van der Waals surface area contributed by atoms with Crippen LogP contribution in [0.3, 0.4) is 0 Å². The third-order valence-electron chi connectivity index (χ3n) is 5.71. The van der Waals surface area contributed by atoms with E-state index in [1.807, 2.05) is 12.1 Å². The highest BCUT2D eigenvalue weighted by molar-refractivity contribution is 7.99. The van der Waals surface area contributed by atoms with E-state index in [0.717, 1.165) is 38.0 Å². The number of rotatable bonds is 9. The zero-order chi connectivity index (χ0) is 23.9. The van der Waals surface area contributed by atoms with Crippen molar-refractivity contribution in [2.24, 2.45) is 5.92 Å². The molecule has 1 aromatic carbocycles. The number of aromatic nitrogens is 2. The molecule has 180 valence electrons. The average Bonchev–Trinajstić information content (AvgIpc) is 3.67. The van der Waals surface area contributed by atoms with E-state index in [1.165, 1.54) is 11.8 Å². The van der Waals surface area contributed by atoms with Gasteiger partial charge in [0.25, 0.3) is 0 Å². The number of thioether (sulfide) groups is 1. The Hall–Kier alpha value is -3.14. The molecular weight excluding hydrogens is 454 g/mol. The van der Waals surface area contributed by atoms with Gasteiger partial charge in [-0.15, -0.1) is 10.2 Å². The van der Waals surface area contributed by atoms with Crippen molar-refractivity contribution in [3.63, 3.8) is 0 Å². The molecule has 1 aliphatic heterocycles. The molecule has 2 aromatic rings. The summed E-state index contributed by atoms with van der Waals surface area (Å²) in [6.07, 6.45) is 4.00. The van der Waals surface area contributed by atoms with E-state index in [4.69, 9.17) is 4.74 Å². The Morgan fingerprint density at radius 3 is 2.68 bits per heavy atom. The summed E-state index contributed by atoms with van der Waals surface area (Å²) in [5, 5.41) is 15.0. The van der Waals surface area contributed by atoms with E-state index >= 15 is 0 Å². The molecule has 9 nitrogen and oxygen atoms in total. The number of nitrogens with one attached hydrogen (secondary N) is 2. The van der Waals surface area contributed by atoms with Crippen molar-refractivity contribution in [3.8, 4) is 0 Å². The summed E-state index contributed by atoms with van der Waals surface area (Å²) < 4.78 is 5.04. The number of benzene rings is 1. The zero-order valence-electron chi connectivity index (χ0n) is 19.2. The summed E-state index contributed by atoms with van der Waals surface area (Å²) in [6, 6.07) is 10.8. The molecule has 2 aliphatic rings. The molecule has 2 fully saturated rings. The molecule has 1 atom stereocenters. The highest BCUT2D eigenvalue weighted by Gasteiger charge is 2.31. The van der Waals surface area contributed by atoms with Crippen LogP contribution in [-0.4, -0.2) is 59.5 Å². The van der Waals surface area contributed by atoms with Crippen molar-refractivity contribution in [3.05, 3.63) is 42.0 Å². The number of piperidine rings is 1. The molecule has 2 amide bonds. The number of hydrogen-bond acceptors (Lipinski definition) is 8. The van der Waals surface area contributed by atoms with Crippen molar-refractivity contribution in [1.29, 1.82) is 0 Å². The molecule has 10 heteroatoms. The Kier molecular flexibility index (Phi) is 7.99. The van der Waals surface area contributed by atoms with Crippen LogP contribution in [0, 0.1) is 5.92 Å². The number of amides is 2. The lowest BCUT2D eigenvalue weighted by atomic mass is 9.97. The maximum Gasteiger partial charge on any atom is 0.340 e. The normalized spacial score (nSPS) is 17.7. The Morgan fingerprint density at radius 2 is 1.94 bits per heavy atom. The monoisotopic (exact) mass is 483 g/mol. The molecule has 0 unspecified atom stereocenters. The number of esters is 1. The molecule has 34 heavy (non-hydrogen) atoms. The van der Waals surface area contributed by atoms with Gasteiger partial charge >= 0.3 is 5.97 Å². The standard InChI is InChI=1S/C24H29N5O4S/c1-2-33-24(32)18-7-3-4-8-19(18)26-21(30)15-34-22-12-11-20(27-28-22)29-13-5-6-16(14-29)23(31)25-17-9-10-17/h3-4,7-8,11-12,16-17H,2,5-6,9-10,13-15H2,1H3,(H,25,31)(H,26,30)/t16-/m1/s1. The summed E-state index contributed by atoms with van der Waals surface area (Å²) in [4.78, 5) is 39.0. The third-order valence-corrected chi connectivity index (χ3v) is 6.63. The van der Waals surface area contributed by atoms with Crippen LogP contribution < -0.4 is 15.5 Å². The summed E-state index contributed by atoms with van der Waals surface area (Å²) in [5.74, 6) is 0.249. The molecule has 1 aliphatic carbocycles. The van der Waals surface area contributed by atoms with Gasteiger partial charge in [0.2, 0.25) is 11.8 Å². The molecule has 1 saturated carbocycles. The largest absolute Gasteiger partial charge is 0.462 e. The minimum Gasteiger partial charge on any atom is -0.462 e. The molecule has 2 heterocycles. The summed E-state index contributed by atoms with van der Waals surface area (Å²) in [7, 11) is 0. The quantitative estimate of drug-likeness (QED) is 0.414. The first kappa shape index (κ1) is 24.0. The van der Waals surface area contributed by atoms with Gasteiger partial charge in [0.1, 0.15) is 5.03 Å². The number of anilines is 2. The topological polar surface area (TPSA) is 114 Å². The second-order valence-electron chi connectivity index (χ2n) is 8.40. The Morgan fingerprint density at radius 1 is 1.12 bits per heavy atom. The van der Waals surface area contributed by atoms with Crippen LogP contribution in [0.15, 0.2) is 41.4 Å². The van der Waals surface area contributed by atoms with Gasteiger partial charge in [-0.05, 0) is 56.9 Å². The van der Waals surface area contributed by atoms with Crippen LogP contribution in [0.1, 0.15) is 43.0 Å². The van der Waals surface area contributed by atoms with Crippen LogP contribution in [0.2, 0.25) is 0 Å². The molecule has 0 bridgehead atoms. The molecule has 1 aromatic heterocycles. The lowest BCUT2D eigenvalue weighted by Gasteiger charge is -2.32. The third kappa shape index (κ3) is 6.47. The zero-order valence-corrected chi connectivity index (χ0v) is 20.0. The first-order valence-electron chi connectivity index (χ1n) is 11.6. The first-order chi connectivity index (χ1) is 16.5. The number of ether oxygens (including phenoxy) is 1. The van der Waals surface area contributed by atoms with Gasteiger partial charge in [0.05, 0.1) is 29.5 Å². The number of carbonyl (C=O) groups excluding carboxylic acids is 3. The Bertz CT molecular complexity index is 1030. The summed E-state index contributed by atoms with van der Waals surface area (Å²) in [5.41, 5.74) is 0.732. The van der Waals surface area contributed by atoms with Crippen molar-refractivity contribution < 1.29 is 19.1 Å². The van der Waals surface area contributed by atoms with Crippen molar-refractivity contribution in [2.45, 2.75) is 43.7 Å². The van der Waals surface area contributed by atoms with Crippen LogP contribution in [0.5, 0.6) is 0 Å². The maximum atomic E-state index is 12.4. The smallest absolute Gasteiger partial charge is 0.340 e. The summed E-state index contributed by atoms with van der Waals surface area (Å²) in [6.45, 7) is 3.48. The first-order valence-corrected chi connectivity index (χ1v) is 12.6. The van der Waals surface area contributed by atoms with E-state index in [0.29, 0.717) is 28.9 Å². The molecular formula is C24H29N5O4S. The maximum absolute atomic E-state index is 12.4. The molecule has 4 rings (SSSR count). The van der Waals surface area contributed by atoms with Crippen molar-refractivity contribution >= 4 is 41.1 Å². The number of hydrogen-bond donors (Lipinski definition) is 2. The highest BCUT2D eigenvalue weighted by Crippen LogP contribution is 2.25. The van der Waals surface area contributed by atoms with Gasteiger partial charge in [0, 0.05) is 19.1 Å². The Balaban J connectivity index is 1.28. The van der Waals surface area contributed by atoms with Gasteiger partial charge in [-0.2, -0.15) is 0 Å². The van der Waals surface area contributed by atoms with E-state index in [9.17, 15) is 14.4 Å². The fourth-order valence-electron chi connectivity index (χ4n) is 3.81. The minimum atomic E-state index is -0.475. The van der Waals surface area contributed by atoms with Gasteiger partial charge in [-0.25, -0.2) is 4.79 Å².